The van der Waals surface area contributed by atoms with Crippen molar-refractivity contribution in [1.82, 2.24) is 4.57 Å². The Labute approximate surface area is 125 Å². The van der Waals surface area contributed by atoms with Crippen molar-refractivity contribution in [2.24, 2.45) is 0 Å². The Morgan fingerprint density at radius 2 is 1.77 bits per heavy atom. The highest BCUT2D eigenvalue weighted by Crippen LogP contribution is 2.27. The maximum atomic E-state index is 12.3. The molecule has 8 heteroatoms. The summed E-state index contributed by atoms with van der Waals surface area (Å²) in [5.74, 6) is -2.72. The molecule has 1 aromatic rings. The first-order valence-corrected chi connectivity index (χ1v) is 6.39. The van der Waals surface area contributed by atoms with Crippen LogP contribution >= 0.6 is 0 Å². The zero-order chi connectivity index (χ0) is 16.7. The Balaban J connectivity index is 2.95. The fraction of sp³-hybridized carbons (Fsp3) is 0.429. The van der Waals surface area contributed by atoms with E-state index in [4.69, 9.17) is 4.74 Å². The predicted molar refractivity (Wildman–Crippen MR) is 73.0 cm³/mol. The van der Waals surface area contributed by atoms with E-state index < -0.39 is 29.0 Å². The van der Waals surface area contributed by atoms with Gasteiger partial charge in [0.25, 0.3) is 5.56 Å². The summed E-state index contributed by atoms with van der Waals surface area (Å²) < 4.78 is 15.3. The lowest BCUT2D eigenvalue weighted by atomic mass is 9.98. The third-order valence-corrected chi connectivity index (χ3v) is 3.37. The van der Waals surface area contributed by atoms with Crippen molar-refractivity contribution in [3.63, 3.8) is 0 Å². The van der Waals surface area contributed by atoms with Crippen molar-refractivity contribution in [3.8, 4) is 0 Å². The first-order chi connectivity index (χ1) is 10.2. The van der Waals surface area contributed by atoms with E-state index >= 15 is 0 Å². The summed E-state index contributed by atoms with van der Waals surface area (Å²) >= 11 is 0. The van der Waals surface area contributed by atoms with E-state index in [0.29, 0.717) is 0 Å². The molecule has 1 aliphatic rings. The second kappa shape index (κ2) is 5.28. The molecule has 0 N–H and O–H groups in total. The van der Waals surface area contributed by atoms with Gasteiger partial charge in [0.1, 0.15) is 17.9 Å². The minimum Gasteiger partial charge on any atom is -0.465 e. The molecule has 0 saturated carbocycles. The first kappa shape index (κ1) is 15.7. The van der Waals surface area contributed by atoms with Gasteiger partial charge in [0.05, 0.1) is 25.3 Å². The number of esters is 3. The molecule has 0 aromatic carbocycles. The summed E-state index contributed by atoms with van der Waals surface area (Å²) in [4.78, 5) is 48.3. The second-order valence-corrected chi connectivity index (χ2v) is 5.33. The fourth-order valence-corrected chi connectivity index (χ4v) is 2.36. The van der Waals surface area contributed by atoms with Gasteiger partial charge in [-0.2, -0.15) is 0 Å². The van der Waals surface area contributed by atoms with Crippen LogP contribution < -0.4 is 5.56 Å². The normalized spacial score (nSPS) is 15.5. The lowest BCUT2D eigenvalue weighted by molar-refractivity contribution is 0.0199. The molecular formula is C14H15NO7. The molecule has 2 heterocycles. The zero-order valence-electron chi connectivity index (χ0n) is 12.6. The number of carbonyl (C=O) groups is 3. The van der Waals surface area contributed by atoms with Gasteiger partial charge < -0.3 is 14.2 Å². The third kappa shape index (κ3) is 2.26. The largest absolute Gasteiger partial charge is 0.465 e. The topological polar surface area (TPSA) is 101 Å². The monoisotopic (exact) mass is 309 g/mol. The molecule has 1 aromatic heterocycles. The van der Waals surface area contributed by atoms with E-state index in [9.17, 15) is 19.2 Å². The Hall–Kier alpha value is -2.64. The summed E-state index contributed by atoms with van der Waals surface area (Å²) in [5.41, 5.74) is -2.45. The van der Waals surface area contributed by atoms with Crippen molar-refractivity contribution < 1.29 is 28.6 Å². The Kier molecular flexibility index (Phi) is 3.78. The minimum atomic E-state index is -0.932. The summed E-state index contributed by atoms with van der Waals surface area (Å²) in [7, 11) is 2.20. The van der Waals surface area contributed by atoms with Gasteiger partial charge in [-0.1, -0.05) is 0 Å². The highest BCUT2D eigenvalue weighted by molar-refractivity contribution is 6.09. The molecule has 22 heavy (non-hydrogen) atoms. The fourth-order valence-electron chi connectivity index (χ4n) is 2.36. The molecule has 2 rings (SSSR count). The van der Waals surface area contributed by atoms with Crippen LogP contribution in [0, 0.1) is 0 Å². The predicted octanol–water partition coefficient (Wildman–Crippen LogP) is 0.327. The van der Waals surface area contributed by atoms with Crippen LogP contribution in [0.2, 0.25) is 0 Å². The van der Waals surface area contributed by atoms with Crippen LogP contribution in [-0.4, -0.2) is 43.3 Å². The first-order valence-electron chi connectivity index (χ1n) is 6.39. The van der Waals surface area contributed by atoms with Gasteiger partial charge in [-0.25, -0.2) is 14.4 Å². The Morgan fingerprint density at radius 1 is 1.18 bits per heavy atom. The van der Waals surface area contributed by atoms with Gasteiger partial charge in [0.15, 0.2) is 0 Å². The molecule has 8 nitrogen and oxygen atoms in total. The van der Waals surface area contributed by atoms with E-state index in [2.05, 4.69) is 9.47 Å². The molecule has 0 fully saturated rings. The molecule has 0 aliphatic carbocycles. The minimum absolute atomic E-state index is 0.0308. The van der Waals surface area contributed by atoms with E-state index in [0.717, 1.165) is 24.9 Å². The molecule has 0 saturated heterocycles. The molecule has 0 unspecified atom stereocenters. The Bertz CT molecular complexity index is 729. The van der Waals surface area contributed by atoms with Crippen LogP contribution in [-0.2, 0) is 19.7 Å². The quantitative estimate of drug-likeness (QED) is 0.573. The highest BCUT2D eigenvalue weighted by Gasteiger charge is 2.40. The van der Waals surface area contributed by atoms with Crippen molar-refractivity contribution in [3.05, 3.63) is 33.2 Å². The van der Waals surface area contributed by atoms with Gasteiger partial charge >= 0.3 is 17.9 Å². The molecule has 0 spiro atoms. The number of ether oxygens (including phenoxy) is 3. The van der Waals surface area contributed by atoms with Crippen molar-refractivity contribution in [2.45, 2.75) is 19.4 Å². The maximum absolute atomic E-state index is 12.3. The van der Waals surface area contributed by atoms with Crippen molar-refractivity contribution >= 4 is 17.9 Å². The molecule has 0 atom stereocenters. The van der Waals surface area contributed by atoms with Crippen LogP contribution in [0.15, 0.2) is 10.9 Å². The molecular weight excluding hydrogens is 294 g/mol. The summed E-state index contributed by atoms with van der Waals surface area (Å²) in [6.45, 7) is 3.31. The smallest absolute Gasteiger partial charge is 0.356 e. The standard InChI is InChI=1S/C14H15NO7/c1-14(2)6-22-13(19)10-9(12(18)21-4)7(11(17)20-3)5-8(16)15(10)14/h5H,6H2,1-4H3. The maximum Gasteiger partial charge on any atom is 0.356 e. The molecule has 118 valence electrons. The Morgan fingerprint density at radius 3 is 2.32 bits per heavy atom. The van der Waals surface area contributed by atoms with Crippen LogP contribution in [0.3, 0.4) is 0 Å². The molecule has 0 bridgehead atoms. The summed E-state index contributed by atoms with van der Waals surface area (Å²) in [6, 6.07) is 0.960. The highest BCUT2D eigenvalue weighted by atomic mass is 16.5. The van der Waals surface area contributed by atoms with Gasteiger partial charge in [0, 0.05) is 6.07 Å². The van der Waals surface area contributed by atoms with E-state index in [1.54, 1.807) is 13.8 Å². The second-order valence-electron chi connectivity index (χ2n) is 5.33. The number of aromatic nitrogens is 1. The van der Waals surface area contributed by atoms with Crippen LogP contribution in [0.1, 0.15) is 45.1 Å². The SMILES string of the molecule is COC(=O)c1cc(=O)n2c(c1C(=O)OC)C(=O)OCC2(C)C. The van der Waals surface area contributed by atoms with Gasteiger partial charge in [0.2, 0.25) is 0 Å². The third-order valence-electron chi connectivity index (χ3n) is 3.37. The van der Waals surface area contributed by atoms with Crippen molar-refractivity contribution in [1.29, 1.82) is 0 Å². The summed E-state index contributed by atoms with van der Waals surface area (Å²) in [5, 5.41) is 0. The number of nitrogens with zero attached hydrogens (tertiary/aromatic N) is 1. The van der Waals surface area contributed by atoms with Gasteiger partial charge in [-0.15, -0.1) is 0 Å². The van der Waals surface area contributed by atoms with E-state index in [1.165, 1.54) is 0 Å². The lowest BCUT2D eigenvalue weighted by Gasteiger charge is -2.34. The number of carbonyl (C=O) groups excluding carboxylic acids is 3. The molecule has 0 amide bonds. The summed E-state index contributed by atoms with van der Waals surface area (Å²) in [6.07, 6.45) is 0. The number of fused-ring (bicyclic) bond motifs is 1. The van der Waals surface area contributed by atoms with Gasteiger partial charge in [-0.3, -0.25) is 9.36 Å². The number of hydrogen-bond donors (Lipinski definition) is 0. The van der Waals surface area contributed by atoms with Crippen LogP contribution in [0.4, 0.5) is 0 Å². The van der Waals surface area contributed by atoms with E-state index in [-0.39, 0.29) is 23.4 Å². The number of methoxy groups -OCH3 is 2. The van der Waals surface area contributed by atoms with Crippen molar-refractivity contribution in [2.75, 3.05) is 20.8 Å². The zero-order valence-corrected chi connectivity index (χ0v) is 12.6. The average molecular weight is 309 g/mol. The number of rotatable bonds is 2. The molecule has 1 aliphatic heterocycles. The van der Waals surface area contributed by atoms with Crippen LogP contribution in [0.25, 0.3) is 0 Å². The lowest BCUT2D eigenvalue weighted by Crippen LogP contribution is -2.49. The van der Waals surface area contributed by atoms with Crippen LogP contribution in [0.5, 0.6) is 0 Å². The van der Waals surface area contributed by atoms with E-state index in [1.807, 2.05) is 0 Å². The number of pyridine rings is 1. The van der Waals surface area contributed by atoms with Gasteiger partial charge in [-0.05, 0) is 13.8 Å². The molecule has 0 radical (unpaired) electrons. The average Bonchev–Trinajstić information content (AvgIpc) is 2.48. The number of hydrogen-bond acceptors (Lipinski definition) is 7. The number of cyclic esters (lactones) is 1.